The van der Waals surface area contributed by atoms with E-state index in [0.717, 1.165) is 6.54 Å². The quantitative estimate of drug-likeness (QED) is 0.562. The van der Waals surface area contributed by atoms with Crippen LogP contribution < -0.4 is 10.9 Å². The molecule has 0 radical (unpaired) electrons. The molecule has 0 heterocycles. The van der Waals surface area contributed by atoms with Gasteiger partial charge < -0.3 is 10.3 Å². The molecular weight excluding hydrogens is 126 g/mol. The summed E-state index contributed by atoms with van der Waals surface area (Å²) in [6, 6.07) is 0. The van der Waals surface area contributed by atoms with Gasteiger partial charge in [-0.3, -0.25) is 0 Å². The van der Waals surface area contributed by atoms with Gasteiger partial charge in [0.2, 0.25) is 0 Å². The van der Waals surface area contributed by atoms with Gasteiger partial charge in [-0.05, 0) is 13.8 Å². The number of allylic oxidation sites excluding steroid dienone is 1. The molecule has 0 aromatic carbocycles. The lowest BCUT2D eigenvalue weighted by atomic mass is 10.4. The third kappa shape index (κ3) is 3.35. The first kappa shape index (κ1) is 9.30. The largest absolute Gasteiger partial charge is 0.377 e. The van der Waals surface area contributed by atoms with Crippen LogP contribution in [0.4, 0.5) is 0 Å². The van der Waals surface area contributed by atoms with Gasteiger partial charge in [-0.1, -0.05) is 0 Å². The van der Waals surface area contributed by atoms with Gasteiger partial charge in [-0.15, -0.1) is 0 Å². The van der Waals surface area contributed by atoms with Gasteiger partial charge in [0.15, 0.2) is 0 Å². The van der Waals surface area contributed by atoms with Crippen molar-refractivity contribution >= 4 is 0 Å². The zero-order chi connectivity index (χ0) is 7.98. The number of nitrogens with zero attached hydrogens (tertiary/aromatic N) is 1. The van der Waals surface area contributed by atoms with Crippen molar-refractivity contribution in [1.82, 2.24) is 15.8 Å². The topological polar surface area (TPSA) is 27.3 Å². The zero-order valence-electron chi connectivity index (χ0n) is 7.23. The Balaban J connectivity index is 3.67. The number of rotatable bonds is 4. The van der Waals surface area contributed by atoms with Gasteiger partial charge in [0, 0.05) is 32.5 Å². The minimum absolute atomic E-state index is 1.04. The monoisotopic (exact) mass is 143 g/mol. The van der Waals surface area contributed by atoms with Crippen LogP contribution in [-0.4, -0.2) is 25.5 Å². The maximum absolute atomic E-state index is 2.91. The van der Waals surface area contributed by atoms with Crippen molar-refractivity contribution in [1.29, 1.82) is 0 Å². The van der Waals surface area contributed by atoms with Gasteiger partial charge in [-0.25, -0.2) is 5.43 Å². The van der Waals surface area contributed by atoms with Gasteiger partial charge in [0.05, 0.1) is 0 Å². The molecule has 0 saturated heterocycles. The predicted molar refractivity (Wildman–Crippen MR) is 44.3 cm³/mol. The molecule has 0 aliphatic heterocycles. The second-order valence-corrected chi connectivity index (χ2v) is 2.19. The van der Waals surface area contributed by atoms with E-state index in [2.05, 4.69) is 36.6 Å². The van der Waals surface area contributed by atoms with Crippen LogP contribution >= 0.6 is 0 Å². The first-order valence-electron chi connectivity index (χ1n) is 3.52. The minimum Gasteiger partial charge on any atom is -0.377 e. The average molecular weight is 143 g/mol. The second-order valence-electron chi connectivity index (χ2n) is 2.19. The molecule has 0 aliphatic carbocycles. The molecule has 10 heavy (non-hydrogen) atoms. The van der Waals surface area contributed by atoms with E-state index in [0.29, 0.717) is 0 Å². The van der Waals surface area contributed by atoms with Crippen molar-refractivity contribution in [3.05, 3.63) is 11.9 Å². The molecule has 2 N–H and O–H groups in total. The van der Waals surface area contributed by atoms with Crippen LogP contribution in [0.2, 0.25) is 0 Å². The summed E-state index contributed by atoms with van der Waals surface area (Å²) >= 11 is 0. The fourth-order valence-electron chi connectivity index (χ4n) is 0.536. The van der Waals surface area contributed by atoms with E-state index in [9.17, 15) is 0 Å². The lowest BCUT2D eigenvalue weighted by Crippen LogP contribution is -2.24. The molecule has 0 amide bonds. The molecule has 0 bridgehead atoms. The minimum atomic E-state index is 1.04. The van der Waals surface area contributed by atoms with Crippen molar-refractivity contribution < 1.29 is 0 Å². The van der Waals surface area contributed by atoms with Crippen LogP contribution in [0.25, 0.3) is 0 Å². The fourth-order valence-corrected chi connectivity index (χ4v) is 0.536. The van der Waals surface area contributed by atoms with Crippen molar-refractivity contribution in [2.75, 3.05) is 20.6 Å². The van der Waals surface area contributed by atoms with Crippen LogP contribution in [0, 0.1) is 0 Å². The van der Waals surface area contributed by atoms with Gasteiger partial charge >= 0.3 is 0 Å². The summed E-state index contributed by atoms with van der Waals surface area (Å²) in [4.78, 5) is 2.16. The summed E-state index contributed by atoms with van der Waals surface area (Å²) < 4.78 is 0. The first-order chi connectivity index (χ1) is 4.72. The highest BCUT2D eigenvalue weighted by atomic mass is 15.3. The van der Waals surface area contributed by atoms with Crippen LogP contribution in [0.15, 0.2) is 11.9 Å². The highest BCUT2D eigenvalue weighted by Gasteiger charge is 1.91. The second kappa shape index (κ2) is 5.11. The van der Waals surface area contributed by atoms with Gasteiger partial charge in [0.1, 0.15) is 0 Å². The van der Waals surface area contributed by atoms with E-state index >= 15 is 0 Å². The lowest BCUT2D eigenvalue weighted by Gasteiger charge is -2.16. The smallest absolute Gasteiger partial charge is 0.0314 e. The van der Waals surface area contributed by atoms with E-state index in [1.165, 1.54) is 5.70 Å². The standard InChI is InChI=1S/C7H17N3/c1-5-10(4)7(2)6-9-8-3/h6,8-9H,5H2,1-4H3/b7-6-. The number of hydrogen-bond donors (Lipinski definition) is 2. The Kier molecular flexibility index (Phi) is 4.76. The summed E-state index contributed by atoms with van der Waals surface area (Å²) in [7, 11) is 3.90. The molecule has 0 aromatic heterocycles. The summed E-state index contributed by atoms with van der Waals surface area (Å²) in [5.74, 6) is 0. The molecule has 3 nitrogen and oxygen atoms in total. The number of hydrogen-bond acceptors (Lipinski definition) is 3. The number of nitrogens with one attached hydrogen (secondary N) is 2. The Hall–Kier alpha value is -0.700. The molecule has 60 valence electrons. The third-order valence-electron chi connectivity index (χ3n) is 1.50. The van der Waals surface area contributed by atoms with E-state index < -0.39 is 0 Å². The Morgan fingerprint density at radius 3 is 2.60 bits per heavy atom. The van der Waals surface area contributed by atoms with Crippen molar-refractivity contribution in [3.63, 3.8) is 0 Å². The Morgan fingerprint density at radius 1 is 1.60 bits per heavy atom. The lowest BCUT2D eigenvalue weighted by molar-refractivity contribution is 0.437. The molecule has 0 aromatic rings. The zero-order valence-corrected chi connectivity index (χ0v) is 7.23. The normalized spacial score (nSPS) is 11.4. The predicted octanol–water partition coefficient (Wildman–Crippen LogP) is 0.523. The molecule has 0 fully saturated rings. The summed E-state index contributed by atoms with van der Waals surface area (Å²) in [6.07, 6.45) is 1.93. The Morgan fingerprint density at radius 2 is 2.20 bits per heavy atom. The highest BCUT2D eigenvalue weighted by molar-refractivity contribution is 4.93. The van der Waals surface area contributed by atoms with Crippen LogP contribution in [0.5, 0.6) is 0 Å². The van der Waals surface area contributed by atoms with Gasteiger partial charge in [-0.2, -0.15) is 0 Å². The van der Waals surface area contributed by atoms with E-state index in [-0.39, 0.29) is 0 Å². The molecule has 0 rings (SSSR count). The third-order valence-corrected chi connectivity index (χ3v) is 1.50. The summed E-state index contributed by atoms with van der Waals surface area (Å²) in [6.45, 7) is 5.22. The van der Waals surface area contributed by atoms with Crippen LogP contribution in [-0.2, 0) is 0 Å². The SMILES string of the molecule is CCN(C)/C(C)=C\NNC. The van der Waals surface area contributed by atoms with Crippen molar-refractivity contribution in [2.45, 2.75) is 13.8 Å². The summed E-state index contributed by atoms with van der Waals surface area (Å²) in [5, 5.41) is 0. The molecule has 0 atom stereocenters. The van der Waals surface area contributed by atoms with E-state index in [1.54, 1.807) is 0 Å². The van der Waals surface area contributed by atoms with Crippen LogP contribution in [0.3, 0.4) is 0 Å². The maximum atomic E-state index is 2.91. The van der Waals surface area contributed by atoms with Crippen LogP contribution in [0.1, 0.15) is 13.8 Å². The highest BCUT2D eigenvalue weighted by Crippen LogP contribution is 1.95. The molecular formula is C7H17N3. The van der Waals surface area contributed by atoms with Crippen molar-refractivity contribution in [2.24, 2.45) is 0 Å². The molecule has 0 saturated carbocycles. The molecule has 0 spiro atoms. The van der Waals surface area contributed by atoms with E-state index in [4.69, 9.17) is 0 Å². The average Bonchev–Trinajstić information content (AvgIpc) is 1.98. The number of hydrazine groups is 1. The van der Waals surface area contributed by atoms with Gasteiger partial charge in [0.25, 0.3) is 0 Å². The fraction of sp³-hybridized carbons (Fsp3) is 0.714. The first-order valence-corrected chi connectivity index (χ1v) is 3.52. The maximum Gasteiger partial charge on any atom is 0.0314 e. The molecule has 0 unspecified atom stereocenters. The molecule has 3 heteroatoms. The van der Waals surface area contributed by atoms with E-state index in [1.807, 2.05) is 13.2 Å². The molecule has 0 aliphatic rings. The summed E-state index contributed by atoms with van der Waals surface area (Å²) in [5.41, 5.74) is 6.95. The van der Waals surface area contributed by atoms with Crippen molar-refractivity contribution in [3.8, 4) is 0 Å². The Bertz CT molecular complexity index is 109. The Labute approximate surface area is 63.1 Å².